The van der Waals surface area contributed by atoms with E-state index in [1.807, 2.05) is 0 Å². The van der Waals surface area contributed by atoms with E-state index < -0.39 is 17.5 Å². The molecule has 3 heterocycles. The minimum absolute atomic E-state index is 0.0359. The van der Waals surface area contributed by atoms with Crippen LogP contribution in [-0.4, -0.2) is 31.6 Å². The molecule has 3 aromatic heterocycles. The molecule has 32 heavy (non-hydrogen) atoms. The standard InChI is InChI=1S/C23H19ClFN5O2/c1-23(2,3)32-22(31)30(15-8-11-26-12-9-15)21-16-5-4-10-27-19(16)28-20(29-21)17-13-14(24)6-7-18(17)25/h4-13H,1-3H3. The highest BCUT2D eigenvalue weighted by Gasteiger charge is 2.28. The first-order valence-electron chi connectivity index (χ1n) is 9.74. The van der Waals surface area contributed by atoms with Gasteiger partial charge in [-0.2, -0.15) is 0 Å². The quantitative estimate of drug-likeness (QED) is 0.382. The highest BCUT2D eigenvalue weighted by atomic mass is 35.5. The Kier molecular flexibility index (Phi) is 5.71. The summed E-state index contributed by atoms with van der Waals surface area (Å²) < 4.78 is 20.3. The van der Waals surface area contributed by atoms with Crippen LogP contribution in [-0.2, 0) is 4.74 Å². The molecule has 162 valence electrons. The number of aromatic nitrogens is 4. The summed E-state index contributed by atoms with van der Waals surface area (Å²) >= 11 is 6.08. The number of fused-ring (bicyclic) bond motifs is 1. The van der Waals surface area contributed by atoms with Crippen LogP contribution in [0.15, 0.2) is 61.1 Å². The van der Waals surface area contributed by atoms with Crippen molar-refractivity contribution in [3.05, 3.63) is 71.9 Å². The van der Waals surface area contributed by atoms with Crippen LogP contribution in [0, 0.1) is 5.82 Å². The fourth-order valence-electron chi connectivity index (χ4n) is 3.02. The smallest absolute Gasteiger partial charge is 0.420 e. The summed E-state index contributed by atoms with van der Waals surface area (Å²) in [6.07, 6.45) is 3.99. The minimum Gasteiger partial charge on any atom is -0.443 e. The highest BCUT2D eigenvalue weighted by molar-refractivity contribution is 6.30. The van der Waals surface area contributed by atoms with Crippen LogP contribution in [0.3, 0.4) is 0 Å². The Bertz CT molecular complexity index is 1290. The summed E-state index contributed by atoms with van der Waals surface area (Å²) in [5.41, 5.74) is 0.0843. The molecule has 1 amide bonds. The summed E-state index contributed by atoms with van der Waals surface area (Å²) in [7, 11) is 0. The Morgan fingerprint density at radius 1 is 1.06 bits per heavy atom. The van der Waals surface area contributed by atoms with Gasteiger partial charge in [-0.3, -0.25) is 4.98 Å². The largest absolute Gasteiger partial charge is 0.443 e. The molecule has 0 radical (unpaired) electrons. The van der Waals surface area contributed by atoms with Crippen LogP contribution in [0.1, 0.15) is 20.8 Å². The number of carbonyl (C=O) groups excluding carboxylic acids is 1. The number of rotatable bonds is 3. The number of pyridine rings is 2. The number of amides is 1. The molecule has 7 nitrogen and oxygen atoms in total. The SMILES string of the molecule is CC(C)(C)OC(=O)N(c1ccncc1)c1nc(-c2cc(Cl)ccc2F)nc2ncccc12. The van der Waals surface area contributed by atoms with E-state index >= 15 is 0 Å². The number of benzene rings is 1. The summed E-state index contributed by atoms with van der Waals surface area (Å²) in [6, 6.07) is 10.8. The van der Waals surface area contributed by atoms with Gasteiger partial charge in [0.15, 0.2) is 17.3 Å². The lowest BCUT2D eigenvalue weighted by molar-refractivity contribution is 0.0598. The Labute approximate surface area is 188 Å². The first-order valence-corrected chi connectivity index (χ1v) is 10.1. The van der Waals surface area contributed by atoms with Gasteiger partial charge in [-0.15, -0.1) is 0 Å². The van der Waals surface area contributed by atoms with Crippen molar-refractivity contribution in [2.24, 2.45) is 0 Å². The van der Waals surface area contributed by atoms with Crippen LogP contribution < -0.4 is 4.90 Å². The lowest BCUT2D eigenvalue weighted by Gasteiger charge is -2.27. The summed E-state index contributed by atoms with van der Waals surface area (Å²) in [4.78, 5) is 31.8. The zero-order chi connectivity index (χ0) is 22.9. The molecule has 0 aliphatic carbocycles. The van der Waals surface area contributed by atoms with E-state index in [1.165, 1.54) is 23.1 Å². The van der Waals surface area contributed by atoms with Crippen LogP contribution in [0.25, 0.3) is 22.4 Å². The molecule has 4 rings (SSSR count). The number of anilines is 2. The van der Waals surface area contributed by atoms with Gasteiger partial charge in [0.25, 0.3) is 0 Å². The molecule has 1 aromatic carbocycles. The van der Waals surface area contributed by atoms with Crippen LogP contribution in [0.2, 0.25) is 5.02 Å². The summed E-state index contributed by atoms with van der Waals surface area (Å²) in [6.45, 7) is 5.30. The molecule has 4 aromatic rings. The predicted octanol–water partition coefficient (Wildman–Crippen LogP) is 5.95. The number of nitrogens with zero attached hydrogens (tertiary/aromatic N) is 5. The van der Waals surface area contributed by atoms with E-state index in [-0.39, 0.29) is 22.9 Å². The normalized spacial score (nSPS) is 11.4. The molecule has 0 spiro atoms. The van der Waals surface area contributed by atoms with Crippen molar-refractivity contribution < 1.29 is 13.9 Å². The molecular formula is C23H19ClFN5O2. The molecule has 0 N–H and O–H groups in total. The van der Waals surface area contributed by atoms with Crippen molar-refractivity contribution >= 4 is 40.2 Å². The maximum atomic E-state index is 14.6. The van der Waals surface area contributed by atoms with Gasteiger partial charge >= 0.3 is 6.09 Å². The maximum Gasteiger partial charge on any atom is 0.420 e. The number of ether oxygens (including phenoxy) is 1. The Morgan fingerprint density at radius 2 is 1.81 bits per heavy atom. The molecule has 0 aliphatic heterocycles. The number of hydrogen-bond donors (Lipinski definition) is 0. The molecule has 0 bridgehead atoms. The van der Waals surface area contributed by atoms with E-state index in [4.69, 9.17) is 16.3 Å². The van der Waals surface area contributed by atoms with E-state index in [1.54, 1.807) is 63.6 Å². The second-order valence-corrected chi connectivity index (χ2v) is 8.33. The predicted molar refractivity (Wildman–Crippen MR) is 120 cm³/mol. The van der Waals surface area contributed by atoms with E-state index in [2.05, 4.69) is 19.9 Å². The average Bonchev–Trinajstić information content (AvgIpc) is 2.75. The van der Waals surface area contributed by atoms with E-state index in [0.717, 1.165) is 0 Å². The van der Waals surface area contributed by atoms with Crippen LogP contribution in [0.4, 0.5) is 20.7 Å². The lowest BCUT2D eigenvalue weighted by atomic mass is 10.2. The lowest BCUT2D eigenvalue weighted by Crippen LogP contribution is -2.34. The molecule has 0 aliphatic rings. The molecule has 0 atom stereocenters. The third-order valence-electron chi connectivity index (χ3n) is 4.33. The maximum absolute atomic E-state index is 14.6. The van der Waals surface area contributed by atoms with Gasteiger partial charge in [-0.1, -0.05) is 11.6 Å². The molecule has 0 saturated carbocycles. The Hall–Kier alpha value is -3.65. The first kappa shape index (κ1) is 21.6. The number of halogens is 2. The van der Waals surface area contributed by atoms with E-state index in [0.29, 0.717) is 16.1 Å². The average molecular weight is 452 g/mol. The molecule has 0 saturated heterocycles. The Balaban J connectivity index is 1.99. The Morgan fingerprint density at radius 3 is 2.53 bits per heavy atom. The van der Waals surface area contributed by atoms with Crippen LogP contribution >= 0.6 is 11.6 Å². The fourth-order valence-corrected chi connectivity index (χ4v) is 3.19. The van der Waals surface area contributed by atoms with Gasteiger partial charge in [0, 0.05) is 23.6 Å². The second kappa shape index (κ2) is 8.47. The molecular weight excluding hydrogens is 433 g/mol. The van der Waals surface area contributed by atoms with Gasteiger partial charge < -0.3 is 4.74 Å². The first-order chi connectivity index (χ1) is 15.2. The van der Waals surface area contributed by atoms with Crippen molar-refractivity contribution in [2.45, 2.75) is 26.4 Å². The second-order valence-electron chi connectivity index (χ2n) is 7.89. The van der Waals surface area contributed by atoms with Gasteiger partial charge in [0.2, 0.25) is 0 Å². The van der Waals surface area contributed by atoms with Crippen LogP contribution in [0.5, 0.6) is 0 Å². The van der Waals surface area contributed by atoms with Crippen molar-refractivity contribution in [3.63, 3.8) is 0 Å². The molecule has 0 fully saturated rings. The third kappa shape index (κ3) is 4.50. The van der Waals surface area contributed by atoms with Gasteiger partial charge in [-0.25, -0.2) is 29.0 Å². The van der Waals surface area contributed by atoms with Gasteiger partial charge in [0.05, 0.1) is 16.6 Å². The third-order valence-corrected chi connectivity index (χ3v) is 4.56. The topological polar surface area (TPSA) is 81.1 Å². The van der Waals surface area contributed by atoms with E-state index in [9.17, 15) is 9.18 Å². The highest BCUT2D eigenvalue weighted by Crippen LogP contribution is 2.34. The minimum atomic E-state index is -0.759. The fraction of sp³-hybridized carbons (Fsp3) is 0.174. The van der Waals surface area contributed by atoms with Gasteiger partial charge in [0.1, 0.15) is 11.4 Å². The number of hydrogen-bond acceptors (Lipinski definition) is 6. The van der Waals surface area contributed by atoms with Crippen molar-refractivity contribution in [3.8, 4) is 11.4 Å². The zero-order valence-corrected chi connectivity index (χ0v) is 18.3. The zero-order valence-electron chi connectivity index (χ0n) is 17.6. The van der Waals surface area contributed by atoms with Crippen molar-refractivity contribution in [2.75, 3.05) is 4.90 Å². The number of carbonyl (C=O) groups is 1. The van der Waals surface area contributed by atoms with Gasteiger partial charge in [-0.05, 0) is 63.2 Å². The van der Waals surface area contributed by atoms with Crippen molar-refractivity contribution in [1.29, 1.82) is 0 Å². The molecule has 0 unspecified atom stereocenters. The van der Waals surface area contributed by atoms with Crippen molar-refractivity contribution in [1.82, 2.24) is 19.9 Å². The monoisotopic (exact) mass is 451 g/mol. The summed E-state index contributed by atoms with van der Waals surface area (Å²) in [5.74, 6) is -0.324. The summed E-state index contributed by atoms with van der Waals surface area (Å²) in [5, 5.41) is 0.812. The molecule has 9 heteroatoms.